The fourth-order valence-corrected chi connectivity index (χ4v) is 2.03. The predicted octanol–water partition coefficient (Wildman–Crippen LogP) is 2.15. The van der Waals surface area contributed by atoms with Gasteiger partial charge in [0.1, 0.15) is 5.92 Å². The van der Waals surface area contributed by atoms with E-state index < -0.39 is 11.9 Å². The number of rotatable bonds is 1. The molecule has 0 spiro atoms. The lowest BCUT2D eigenvalue weighted by Gasteiger charge is -2.22. The predicted molar refractivity (Wildman–Crippen MR) is 54.2 cm³/mol. The normalized spacial score (nSPS) is 20.2. The first-order valence-corrected chi connectivity index (χ1v) is 5.06. The molecular formula is C10H9BrO3. The summed E-state index contributed by atoms with van der Waals surface area (Å²) < 4.78 is 6.17. The molecule has 0 saturated carbocycles. The maximum Gasteiger partial charge on any atom is 0.313 e. The van der Waals surface area contributed by atoms with Gasteiger partial charge in [0.25, 0.3) is 0 Å². The first-order chi connectivity index (χ1) is 6.68. The van der Waals surface area contributed by atoms with Gasteiger partial charge >= 0.3 is 5.97 Å². The Morgan fingerprint density at radius 1 is 1.57 bits per heavy atom. The fraction of sp³-hybridized carbons (Fsp3) is 0.300. The van der Waals surface area contributed by atoms with Crippen LogP contribution in [-0.4, -0.2) is 17.7 Å². The Morgan fingerprint density at radius 2 is 2.36 bits per heavy atom. The van der Waals surface area contributed by atoms with Crippen LogP contribution < -0.4 is 0 Å². The van der Waals surface area contributed by atoms with E-state index in [0.717, 1.165) is 15.6 Å². The second kappa shape index (κ2) is 3.71. The van der Waals surface area contributed by atoms with Crippen molar-refractivity contribution in [3.63, 3.8) is 0 Å². The lowest BCUT2D eigenvalue weighted by molar-refractivity contribution is -0.141. The molecule has 1 aromatic rings. The average Bonchev–Trinajstić information content (AvgIpc) is 2.16. The van der Waals surface area contributed by atoms with Gasteiger partial charge in [0.05, 0.1) is 13.2 Å². The number of ether oxygens (including phenoxy) is 1. The van der Waals surface area contributed by atoms with Crippen molar-refractivity contribution >= 4 is 21.9 Å². The lowest BCUT2D eigenvalue weighted by atomic mass is 9.93. The molecule has 1 heterocycles. The average molecular weight is 257 g/mol. The Balaban J connectivity index is 2.44. The molecule has 74 valence electrons. The highest BCUT2D eigenvalue weighted by molar-refractivity contribution is 9.10. The van der Waals surface area contributed by atoms with Crippen LogP contribution in [0.1, 0.15) is 17.0 Å². The zero-order valence-corrected chi connectivity index (χ0v) is 8.95. The molecule has 0 radical (unpaired) electrons. The Hall–Kier alpha value is -0.870. The molecule has 1 aliphatic rings. The molecule has 1 atom stereocenters. The van der Waals surface area contributed by atoms with Crippen molar-refractivity contribution in [1.29, 1.82) is 0 Å². The van der Waals surface area contributed by atoms with Gasteiger partial charge in [-0.3, -0.25) is 4.79 Å². The number of carboxylic acid groups (broad SMARTS) is 1. The number of fused-ring (bicyclic) bond motifs is 1. The van der Waals surface area contributed by atoms with Gasteiger partial charge < -0.3 is 9.84 Å². The summed E-state index contributed by atoms with van der Waals surface area (Å²) >= 11 is 3.34. The van der Waals surface area contributed by atoms with E-state index in [1.807, 2.05) is 18.2 Å². The van der Waals surface area contributed by atoms with Crippen molar-refractivity contribution in [2.24, 2.45) is 0 Å². The van der Waals surface area contributed by atoms with E-state index >= 15 is 0 Å². The zero-order chi connectivity index (χ0) is 10.1. The molecule has 0 fully saturated rings. The number of carbonyl (C=O) groups is 1. The first-order valence-electron chi connectivity index (χ1n) is 4.27. The molecule has 3 nitrogen and oxygen atoms in total. The summed E-state index contributed by atoms with van der Waals surface area (Å²) in [6, 6.07) is 5.62. The Kier molecular flexibility index (Phi) is 2.56. The summed E-state index contributed by atoms with van der Waals surface area (Å²) in [5.41, 5.74) is 1.82. The largest absolute Gasteiger partial charge is 0.481 e. The molecule has 1 unspecified atom stereocenters. The van der Waals surface area contributed by atoms with Crippen LogP contribution in [0.25, 0.3) is 0 Å². The molecule has 1 aromatic carbocycles. The number of aliphatic carboxylic acids is 1. The smallest absolute Gasteiger partial charge is 0.313 e. The van der Waals surface area contributed by atoms with E-state index in [1.54, 1.807) is 0 Å². The lowest BCUT2D eigenvalue weighted by Crippen LogP contribution is -2.23. The quantitative estimate of drug-likeness (QED) is 0.838. The van der Waals surface area contributed by atoms with Crippen molar-refractivity contribution in [2.75, 3.05) is 6.61 Å². The summed E-state index contributed by atoms with van der Waals surface area (Å²) in [4.78, 5) is 10.9. The first kappa shape index (κ1) is 9.68. The molecule has 0 saturated heterocycles. The molecule has 0 amide bonds. The van der Waals surface area contributed by atoms with Crippen LogP contribution in [0.15, 0.2) is 22.7 Å². The highest BCUT2D eigenvalue weighted by atomic mass is 79.9. The van der Waals surface area contributed by atoms with Gasteiger partial charge in [0.15, 0.2) is 0 Å². The van der Waals surface area contributed by atoms with E-state index in [0.29, 0.717) is 6.61 Å². The van der Waals surface area contributed by atoms with Crippen molar-refractivity contribution in [3.05, 3.63) is 33.8 Å². The minimum absolute atomic E-state index is 0.268. The van der Waals surface area contributed by atoms with Gasteiger partial charge in [-0.15, -0.1) is 0 Å². The van der Waals surface area contributed by atoms with Crippen molar-refractivity contribution < 1.29 is 14.6 Å². The van der Waals surface area contributed by atoms with Crippen LogP contribution in [0.2, 0.25) is 0 Å². The molecule has 0 aliphatic carbocycles. The third-order valence-corrected chi connectivity index (χ3v) is 2.81. The van der Waals surface area contributed by atoms with E-state index in [2.05, 4.69) is 15.9 Å². The Labute approximate surface area is 89.8 Å². The van der Waals surface area contributed by atoms with E-state index in [1.165, 1.54) is 0 Å². The van der Waals surface area contributed by atoms with Crippen LogP contribution in [-0.2, 0) is 16.1 Å². The summed E-state index contributed by atoms with van der Waals surface area (Å²) in [6.45, 7) is 0.766. The molecule has 4 heteroatoms. The molecule has 1 N–H and O–H groups in total. The van der Waals surface area contributed by atoms with Crippen molar-refractivity contribution in [3.8, 4) is 0 Å². The van der Waals surface area contributed by atoms with E-state index in [-0.39, 0.29) is 6.61 Å². The van der Waals surface area contributed by atoms with Crippen molar-refractivity contribution in [1.82, 2.24) is 0 Å². The number of hydrogen-bond acceptors (Lipinski definition) is 2. The third-order valence-electron chi connectivity index (χ3n) is 2.32. The van der Waals surface area contributed by atoms with Crippen molar-refractivity contribution in [2.45, 2.75) is 12.5 Å². The summed E-state index contributed by atoms with van der Waals surface area (Å²) in [5, 5.41) is 8.96. The van der Waals surface area contributed by atoms with Gasteiger partial charge in [-0.25, -0.2) is 0 Å². The second-order valence-corrected chi connectivity index (χ2v) is 4.16. The number of carboxylic acids is 1. The molecule has 0 bridgehead atoms. The number of benzene rings is 1. The van der Waals surface area contributed by atoms with Crippen LogP contribution in [0.4, 0.5) is 0 Å². The Bertz CT molecular complexity index is 376. The standard InChI is InChI=1S/C10H9BrO3/c11-7-1-2-8-6(3-7)4-14-5-9(8)10(12)13/h1-3,9H,4-5H2,(H,12,13). The van der Waals surface area contributed by atoms with Gasteiger partial charge in [-0.2, -0.15) is 0 Å². The van der Waals surface area contributed by atoms with Crippen LogP contribution >= 0.6 is 15.9 Å². The van der Waals surface area contributed by atoms with Crippen LogP contribution in [0.5, 0.6) is 0 Å². The fourth-order valence-electron chi connectivity index (χ4n) is 1.62. The van der Waals surface area contributed by atoms with Gasteiger partial charge in [0.2, 0.25) is 0 Å². The number of hydrogen-bond donors (Lipinski definition) is 1. The zero-order valence-electron chi connectivity index (χ0n) is 7.37. The summed E-state index contributed by atoms with van der Waals surface area (Å²) in [7, 11) is 0. The van der Waals surface area contributed by atoms with Gasteiger partial charge in [-0.1, -0.05) is 22.0 Å². The van der Waals surface area contributed by atoms with Gasteiger partial charge in [-0.05, 0) is 23.3 Å². The maximum atomic E-state index is 10.9. The monoisotopic (exact) mass is 256 g/mol. The molecule has 1 aliphatic heterocycles. The summed E-state index contributed by atoms with van der Waals surface area (Å²) in [6.07, 6.45) is 0. The van der Waals surface area contributed by atoms with E-state index in [4.69, 9.17) is 9.84 Å². The second-order valence-electron chi connectivity index (χ2n) is 3.25. The third kappa shape index (κ3) is 1.67. The van der Waals surface area contributed by atoms with Gasteiger partial charge in [0, 0.05) is 4.47 Å². The summed E-state index contributed by atoms with van der Waals surface area (Å²) in [5.74, 6) is -1.35. The SMILES string of the molecule is O=C(O)C1COCc2cc(Br)ccc21. The highest BCUT2D eigenvalue weighted by Gasteiger charge is 2.26. The number of halogens is 1. The van der Waals surface area contributed by atoms with E-state index in [9.17, 15) is 4.79 Å². The van der Waals surface area contributed by atoms with Crippen LogP contribution in [0, 0.1) is 0 Å². The molecular weight excluding hydrogens is 248 g/mol. The van der Waals surface area contributed by atoms with Crippen LogP contribution in [0.3, 0.4) is 0 Å². The topological polar surface area (TPSA) is 46.5 Å². The maximum absolute atomic E-state index is 10.9. The minimum Gasteiger partial charge on any atom is -0.481 e. The molecule has 0 aromatic heterocycles. The molecule has 14 heavy (non-hydrogen) atoms. The minimum atomic E-state index is -0.826. The molecule has 2 rings (SSSR count). The Morgan fingerprint density at radius 3 is 3.07 bits per heavy atom. The highest BCUT2D eigenvalue weighted by Crippen LogP contribution is 2.28.